The predicted molar refractivity (Wildman–Crippen MR) is 62.3 cm³/mol. The fourth-order valence-electron chi connectivity index (χ4n) is 0.978. The summed E-state index contributed by atoms with van der Waals surface area (Å²) >= 11 is 0. The monoisotopic (exact) mass is 261 g/mol. The molecule has 0 aromatic rings. The molecule has 0 amide bonds. The van der Waals surface area contributed by atoms with Gasteiger partial charge in [0.25, 0.3) is 0 Å². The molecule has 7 heteroatoms. The molecule has 0 bridgehead atoms. The van der Waals surface area contributed by atoms with Gasteiger partial charge in [-0.15, -0.1) is 12.4 Å². The normalized spacial score (nSPS) is 19.1. The van der Waals surface area contributed by atoms with Crippen LogP contribution in [0.25, 0.3) is 0 Å². The number of nitrogens with two attached hydrogens (primary N) is 1. The Morgan fingerprint density at radius 1 is 1.47 bits per heavy atom. The Labute approximate surface area is 97.3 Å². The Morgan fingerprint density at radius 3 is 2.27 bits per heavy atom. The first-order chi connectivity index (χ1) is 6.28. The van der Waals surface area contributed by atoms with E-state index in [1.165, 1.54) is 13.8 Å². The molecule has 0 spiro atoms. The van der Waals surface area contributed by atoms with Gasteiger partial charge in [-0.05, 0) is 12.3 Å². The molecule has 3 N–H and O–H groups in total. The molecule has 0 fully saturated rings. The van der Waals surface area contributed by atoms with Crippen molar-refractivity contribution in [3.63, 3.8) is 0 Å². The van der Waals surface area contributed by atoms with Crippen LogP contribution in [0, 0.1) is 5.92 Å². The van der Waals surface area contributed by atoms with Gasteiger partial charge in [0, 0.05) is 13.8 Å². The van der Waals surface area contributed by atoms with Crippen molar-refractivity contribution in [2.45, 2.75) is 32.6 Å². The van der Waals surface area contributed by atoms with Crippen LogP contribution in [0.5, 0.6) is 0 Å². The minimum Gasteiger partial charge on any atom is -0.366 e. The lowest BCUT2D eigenvalue weighted by molar-refractivity contribution is -0.0473. The van der Waals surface area contributed by atoms with Gasteiger partial charge >= 0.3 is 7.60 Å². The molecule has 0 aromatic carbocycles. The average Bonchev–Trinajstić information content (AvgIpc) is 2.02. The maximum absolute atomic E-state index is 11.3. The first-order valence-corrected chi connectivity index (χ1v) is 6.52. The number of aliphatic hydroxyl groups excluding tert-OH is 1. The molecule has 0 aliphatic rings. The third kappa shape index (κ3) is 8.20. The van der Waals surface area contributed by atoms with Crippen LogP contribution in [0.1, 0.15) is 20.3 Å². The van der Waals surface area contributed by atoms with Crippen molar-refractivity contribution in [3.8, 4) is 0 Å². The van der Waals surface area contributed by atoms with Gasteiger partial charge in [0.1, 0.15) is 0 Å². The Kier molecular flexibility index (Phi) is 9.00. The molecule has 0 radical (unpaired) electrons. The van der Waals surface area contributed by atoms with Crippen molar-refractivity contribution in [2.75, 3.05) is 13.8 Å². The van der Waals surface area contributed by atoms with E-state index < -0.39 is 19.9 Å². The van der Waals surface area contributed by atoms with Crippen molar-refractivity contribution in [1.29, 1.82) is 0 Å². The number of rotatable bonds is 6. The van der Waals surface area contributed by atoms with Crippen LogP contribution in [0.2, 0.25) is 0 Å². The highest BCUT2D eigenvalue weighted by molar-refractivity contribution is 7.52. The van der Waals surface area contributed by atoms with Crippen molar-refractivity contribution in [1.82, 2.24) is 0 Å². The highest BCUT2D eigenvalue weighted by Gasteiger charge is 2.25. The van der Waals surface area contributed by atoms with Gasteiger partial charge < -0.3 is 15.4 Å². The molecule has 0 aliphatic carbocycles. The lowest BCUT2D eigenvalue weighted by atomic mass is 10.0. The first kappa shape index (κ1) is 17.7. The average molecular weight is 262 g/mol. The number of halogens is 1. The summed E-state index contributed by atoms with van der Waals surface area (Å²) in [5.74, 6) is 0.349. The van der Waals surface area contributed by atoms with Crippen LogP contribution in [0.4, 0.5) is 0 Å². The summed E-state index contributed by atoms with van der Waals surface area (Å²) < 4.78 is 20.7. The SMILES string of the molecule is COP(C)(=O)OC(O)C(N)CC(C)C.Cl. The van der Waals surface area contributed by atoms with Crippen molar-refractivity contribution in [2.24, 2.45) is 11.7 Å². The molecule has 5 nitrogen and oxygen atoms in total. The van der Waals surface area contributed by atoms with E-state index in [-0.39, 0.29) is 12.4 Å². The standard InChI is InChI=1S/C8H20NO4P.ClH/c1-6(2)5-7(9)8(10)13-14(4,11)12-3;/h6-8,10H,5,9H2,1-4H3;1H. The van der Waals surface area contributed by atoms with E-state index in [1.807, 2.05) is 13.8 Å². The van der Waals surface area contributed by atoms with Crippen molar-refractivity contribution >= 4 is 20.0 Å². The van der Waals surface area contributed by atoms with Crippen molar-refractivity contribution < 1.29 is 18.7 Å². The van der Waals surface area contributed by atoms with Crippen LogP contribution in [-0.4, -0.2) is 31.2 Å². The zero-order valence-corrected chi connectivity index (χ0v) is 11.3. The quantitative estimate of drug-likeness (QED) is 0.560. The van der Waals surface area contributed by atoms with Gasteiger partial charge in [0.15, 0.2) is 6.29 Å². The van der Waals surface area contributed by atoms with E-state index >= 15 is 0 Å². The molecule has 3 atom stereocenters. The minimum absolute atomic E-state index is 0. The van der Waals surface area contributed by atoms with E-state index in [9.17, 15) is 9.67 Å². The Bertz CT molecular complexity index is 215. The van der Waals surface area contributed by atoms with Gasteiger partial charge in [-0.2, -0.15) is 0 Å². The fourth-order valence-corrected chi connectivity index (χ4v) is 1.61. The molecule has 0 rings (SSSR count). The molecule has 0 saturated carbocycles. The first-order valence-electron chi connectivity index (χ1n) is 4.53. The van der Waals surface area contributed by atoms with E-state index in [4.69, 9.17) is 10.3 Å². The summed E-state index contributed by atoms with van der Waals surface area (Å²) in [7, 11) is -1.89. The molecular formula is C8H21ClNO4P. The predicted octanol–water partition coefficient (Wildman–Crippen LogP) is 1.59. The maximum Gasteiger partial charge on any atom is 0.329 e. The minimum atomic E-state index is -3.16. The van der Waals surface area contributed by atoms with Gasteiger partial charge in [-0.1, -0.05) is 13.8 Å². The van der Waals surface area contributed by atoms with Gasteiger partial charge in [-0.25, -0.2) is 0 Å². The van der Waals surface area contributed by atoms with Crippen molar-refractivity contribution in [3.05, 3.63) is 0 Å². The Balaban J connectivity index is 0. The summed E-state index contributed by atoms with van der Waals surface area (Å²) in [5, 5.41) is 9.43. The topological polar surface area (TPSA) is 81.8 Å². The van der Waals surface area contributed by atoms with E-state index in [0.29, 0.717) is 12.3 Å². The second-order valence-electron chi connectivity index (χ2n) is 3.74. The molecule has 3 unspecified atom stereocenters. The maximum atomic E-state index is 11.3. The lowest BCUT2D eigenvalue weighted by Crippen LogP contribution is -2.37. The van der Waals surface area contributed by atoms with Crippen LogP contribution in [0.3, 0.4) is 0 Å². The van der Waals surface area contributed by atoms with Crippen LogP contribution in [-0.2, 0) is 13.6 Å². The zero-order valence-electron chi connectivity index (χ0n) is 9.54. The molecule has 0 saturated heterocycles. The van der Waals surface area contributed by atoms with E-state index in [1.54, 1.807) is 0 Å². The summed E-state index contributed by atoms with van der Waals surface area (Å²) in [6, 6.07) is -0.543. The van der Waals surface area contributed by atoms with Crippen LogP contribution < -0.4 is 5.73 Å². The zero-order chi connectivity index (χ0) is 11.4. The van der Waals surface area contributed by atoms with E-state index in [0.717, 1.165) is 0 Å². The third-order valence-corrected chi connectivity index (χ3v) is 3.00. The third-order valence-electron chi connectivity index (χ3n) is 1.74. The smallest absolute Gasteiger partial charge is 0.329 e. The largest absolute Gasteiger partial charge is 0.366 e. The summed E-state index contributed by atoms with van der Waals surface area (Å²) in [6.45, 7) is 5.25. The molecule has 0 aromatic heterocycles. The fraction of sp³-hybridized carbons (Fsp3) is 1.00. The molecule has 0 aliphatic heterocycles. The highest BCUT2D eigenvalue weighted by Crippen LogP contribution is 2.44. The van der Waals surface area contributed by atoms with E-state index in [2.05, 4.69) is 4.52 Å². The second kappa shape index (κ2) is 7.60. The van der Waals surface area contributed by atoms with Gasteiger partial charge in [-0.3, -0.25) is 9.09 Å². The Hall–Kier alpha value is 0.360. The molecule has 94 valence electrons. The summed E-state index contributed by atoms with van der Waals surface area (Å²) in [4.78, 5) is 0. The van der Waals surface area contributed by atoms with Gasteiger partial charge in [0.2, 0.25) is 0 Å². The van der Waals surface area contributed by atoms with Gasteiger partial charge in [0.05, 0.1) is 6.04 Å². The number of hydrogen-bond donors (Lipinski definition) is 2. The van der Waals surface area contributed by atoms with Crippen LogP contribution >= 0.6 is 20.0 Å². The second-order valence-corrected chi connectivity index (χ2v) is 5.86. The summed E-state index contributed by atoms with van der Waals surface area (Å²) in [5.41, 5.74) is 5.63. The lowest BCUT2D eigenvalue weighted by Gasteiger charge is -2.22. The van der Waals surface area contributed by atoms with Crippen LogP contribution in [0.15, 0.2) is 0 Å². The number of aliphatic hydroxyl groups is 1. The highest BCUT2D eigenvalue weighted by atomic mass is 35.5. The number of hydrogen-bond acceptors (Lipinski definition) is 5. The molecular weight excluding hydrogens is 241 g/mol. The Morgan fingerprint density at radius 2 is 1.93 bits per heavy atom. The molecule has 15 heavy (non-hydrogen) atoms. The molecule has 0 heterocycles. The summed E-state index contributed by atoms with van der Waals surface area (Å²) in [6.07, 6.45) is -0.640.